The molecular formula is C44H58N4O12. The molecule has 1 aromatic carbocycles. The monoisotopic (exact) mass is 834 g/mol. The molecule has 1 aromatic rings. The van der Waals surface area contributed by atoms with Crippen LogP contribution in [0.2, 0.25) is 0 Å². The van der Waals surface area contributed by atoms with Crippen molar-refractivity contribution in [2.24, 2.45) is 28.8 Å². The number of nitrogens with zero attached hydrogens (tertiary/aromatic N) is 3. The van der Waals surface area contributed by atoms with E-state index >= 15 is 0 Å². The largest absolute Gasteiger partial charge is 0.507 e. The zero-order valence-corrected chi connectivity index (χ0v) is 35.7. The number of ether oxygens (including phenoxy) is 4. The number of hydrogen-bond acceptors (Lipinski definition) is 15. The number of nitrogens with one attached hydrogen (secondary N) is 1. The van der Waals surface area contributed by atoms with Crippen LogP contribution >= 0.6 is 0 Å². The summed E-state index contributed by atoms with van der Waals surface area (Å²) >= 11 is 0. The van der Waals surface area contributed by atoms with Crippen molar-refractivity contribution in [2.45, 2.75) is 91.2 Å². The standard InChI is InChI=1S/C44H58N4O12/c1-22-11-10-13-43(7)27(6)39(59-43)25(4)35(51)24(3)34(50)23(2)29(57-9)12-20-58-44(8)41(55)32-30-31(36(52)26(5)40(32)60-44)38(54)33(46-42(22)56)28(37(30)53)21-45-48-16-14-47(15-17-48)18-19-49/h10-13,20-21,23-25,27,29,34-35,39,49-52H,14-19H2,1-9H3,(H,46,56)/b13-10+,20-12+,22-11-,45-21+/t23-,24+,25+,27-,29+,34-,35+,39-,43+,44+/m1/s1. The molecular weight excluding hydrogens is 776 g/mol. The van der Waals surface area contributed by atoms with Crippen LogP contribution in [-0.4, -0.2) is 142 Å². The van der Waals surface area contributed by atoms with E-state index in [0.717, 1.165) is 0 Å². The van der Waals surface area contributed by atoms with E-state index in [0.29, 0.717) is 32.7 Å². The van der Waals surface area contributed by atoms with Crippen molar-refractivity contribution in [1.82, 2.24) is 15.2 Å². The molecule has 1 amide bonds. The van der Waals surface area contributed by atoms with Gasteiger partial charge in [0.25, 0.3) is 11.7 Å². The highest BCUT2D eigenvalue weighted by atomic mass is 16.7. The van der Waals surface area contributed by atoms with E-state index in [1.807, 2.05) is 20.8 Å². The number of ketones is 3. The smallest absolute Gasteiger partial charge is 0.312 e. The fourth-order valence-corrected chi connectivity index (χ4v) is 8.72. The minimum atomic E-state index is -2.07. The Kier molecular flexibility index (Phi) is 13.0. The number of rotatable bonds is 5. The molecule has 1 aliphatic carbocycles. The van der Waals surface area contributed by atoms with Gasteiger partial charge in [-0.25, -0.2) is 0 Å². The van der Waals surface area contributed by atoms with Gasteiger partial charge in [0.05, 0.1) is 71.4 Å². The number of amides is 1. The average Bonchev–Trinajstić information content (AvgIpc) is 3.49. The molecule has 5 N–H and O–H groups in total. The van der Waals surface area contributed by atoms with Gasteiger partial charge in [0, 0.05) is 81.6 Å². The number of aliphatic hydroxyl groups is 3. The zero-order chi connectivity index (χ0) is 44.0. The summed E-state index contributed by atoms with van der Waals surface area (Å²) in [4.78, 5) is 59.4. The van der Waals surface area contributed by atoms with Crippen molar-refractivity contribution >= 4 is 29.5 Å². The van der Waals surface area contributed by atoms with Crippen molar-refractivity contribution in [3.63, 3.8) is 0 Å². The van der Waals surface area contributed by atoms with E-state index in [4.69, 9.17) is 18.9 Å². The number of aromatic hydroxyl groups is 1. The van der Waals surface area contributed by atoms with Crippen LogP contribution in [0.3, 0.4) is 0 Å². The maximum Gasteiger partial charge on any atom is 0.312 e. The summed E-state index contributed by atoms with van der Waals surface area (Å²) in [5, 5.41) is 52.6. The molecule has 7 aliphatic heterocycles. The second-order valence-electron chi connectivity index (χ2n) is 16.9. The van der Waals surface area contributed by atoms with Crippen LogP contribution in [0.4, 0.5) is 0 Å². The summed E-state index contributed by atoms with van der Waals surface area (Å²) < 4.78 is 24.0. The first-order chi connectivity index (χ1) is 28.3. The van der Waals surface area contributed by atoms with Gasteiger partial charge in [-0.15, -0.1) is 0 Å². The molecule has 8 aliphatic rings. The number of phenolic OH excluding ortho intramolecular Hbond substituents is 1. The molecule has 10 atom stereocenters. The van der Waals surface area contributed by atoms with E-state index in [-0.39, 0.29) is 52.6 Å². The highest BCUT2D eigenvalue weighted by Crippen LogP contribution is 2.49. The number of β-amino-alcohol motifs (C(OH)–C–C–N with tert-alkyl or cyclic N) is 1. The number of hydrogen-bond donors (Lipinski definition) is 5. The predicted octanol–water partition coefficient (Wildman–Crippen LogP) is 2.82. The lowest BCUT2D eigenvalue weighted by molar-refractivity contribution is -0.251. The van der Waals surface area contributed by atoms with Gasteiger partial charge in [-0.05, 0) is 26.8 Å². The van der Waals surface area contributed by atoms with Gasteiger partial charge in [0.2, 0.25) is 5.78 Å². The average molecular weight is 835 g/mol. The molecule has 0 radical (unpaired) electrons. The third-order valence-corrected chi connectivity index (χ3v) is 13.1. The summed E-state index contributed by atoms with van der Waals surface area (Å²) in [5.74, 6) is -7.69. The highest BCUT2D eigenvalue weighted by Gasteiger charge is 2.54. The molecule has 16 heteroatoms. The van der Waals surface area contributed by atoms with Gasteiger partial charge in [0.15, 0.2) is 5.78 Å². The van der Waals surface area contributed by atoms with E-state index in [1.165, 1.54) is 46.4 Å². The molecule has 0 saturated carbocycles. The number of phenols is 1. The number of methoxy groups -OCH3 is 1. The maximum absolute atomic E-state index is 14.7. The van der Waals surface area contributed by atoms with Gasteiger partial charge >= 0.3 is 5.79 Å². The van der Waals surface area contributed by atoms with E-state index < -0.39 is 87.4 Å². The van der Waals surface area contributed by atoms with Crippen LogP contribution in [0.15, 0.2) is 52.5 Å². The minimum Gasteiger partial charge on any atom is -0.507 e. The molecule has 60 heavy (non-hydrogen) atoms. The molecule has 2 fully saturated rings. The normalized spacial score (nSPS) is 36.3. The lowest BCUT2D eigenvalue weighted by atomic mass is 9.70. The van der Waals surface area contributed by atoms with Gasteiger partial charge in [-0.3, -0.25) is 29.1 Å². The van der Waals surface area contributed by atoms with Crippen molar-refractivity contribution in [1.29, 1.82) is 0 Å². The summed E-state index contributed by atoms with van der Waals surface area (Å²) in [6, 6.07) is 0. The lowest BCUT2D eigenvalue weighted by Crippen LogP contribution is -2.60. The number of allylic oxidation sites excluding steroid dienone is 4. The quantitative estimate of drug-likeness (QED) is 0.270. The van der Waals surface area contributed by atoms with Crippen molar-refractivity contribution in [2.75, 3.05) is 46.4 Å². The fourth-order valence-electron chi connectivity index (χ4n) is 8.72. The number of benzene rings is 1. The van der Waals surface area contributed by atoms with Crippen molar-refractivity contribution in [3.05, 3.63) is 69.7 Å². The number of aliphatic hydroxyl groups excluding tert-OH is 3. The van der Waals surface area contributed by atoms with Gasteiger partial charge in [-0.2, -0.15) is 5.10 Å². The SMILES string of the molecule is CO[C@H]1/C=C/O[C@@]2(C)Oc3c(C)c(O)c4c(c3C2=O)C(=O)C(/C=N/N2CCN(CCO)CC2)=C(NC(=O)/C(C)=C\C=C\[C@]2(C)O[C@H]([C@@H](C)[C@@H](O)[C@@H](C)[C@H](O)[C@@H]1C)[C@H]2C)C4=O. The Morgan fingerprint density at radius 2 is 1.62 bits per heavy atom. The Bertz CT molecular complexity index is 2070. The molecule has 0 aromatic heterocycles. The Morgan fingerprint density at radius 1 is 0.950 bits per heavy atom. The minimum absolute atomic E-state index is 0.00258. The number of piperazine rings is 1. The van der Waals surface area contributed by atoms with Crippen LogP contribution in [0.1, 0.15) is 85.1 Å². The molecule has 7 heterocycles. The summed E-state index contributed by atoms with van der Waals surface area (Å²) in [6.07, 6.45) is 5.81. The topological polar surface area (TPSA) is 217 Å². The van der Waals surface area contributed by atoms with Crippen LogP contribution in [0, 0.1) is 30.6 Å². The van der Waals surface area contributed by atoms with Crippen molar-refractivity contribution < 1.29 is 58.6 Å². The first-order valence-corrected chi connectivity index (χ1v) is 20.5. The first-order valence-electron chi connectivity index (χ1n) is 20.5. The number of hydrazone groups is 1. The van der Waals surface area contributed by atoms with Gasteiger partial charge < -0.3 is 44.7 Å². The van der Waals surface area contributed by atoms with E-state index in [9.17, 15) is 39.6 Å². The predicted molar refractivity (Wildman–Crippen MR) is 219 cm³/mol. The Hall–Kier alpha value is -4.71. The molecule has 0 unspecified atom stereocenters. The lowest BCUT2D eigenvalue weighted by Gasteiger charge is -2.54. The van der Waals surface area contributed by atoms with Crippen molar-refractivity contribution in [3.8, 4) is 11.5 Å². The fraction of sp³-hybridized carbons (Fsp3) is 0.568. The number of carbonyl (C=O) groups excluding carboxylic acids is 4. The first kappa shape index (κ1) is 44.8. The molecule has 9 rings (SSSR count). The van der Waals surface area contributed by atoms with Crippen LogP contribution in [0.25, 0.3) is 0 Å². The Morgan fingerprint density at radius 3 is 2.25 bits per heavy atom. The summed E-state index contributed by atoms with van der Waals surface area (Å²) in [6.45, 7) is 16.2. The van der Waals surface area contributed by atoms with Gasteiger partial charge in [0.1, 0.15) is 17.2 Å². The molecule has 326 valence electrons. The number of Topliss-reactive ketones (excluding diaryl/α,β-unsaturated/α-hetero) is 3. The third-order valence-electron chi connectivity index (χ3n) is 13.1. The van der Waals surface area contributed by atoms with E-state index in [2.05, 4.69) is 15.3 Å². The molecule has 7 bridgehead atoms. The van der Waals surface area contributed by atoms with Crippen LogP contribution in [0.5, 0.6) is 11.5 Å². The van der Waals surface area contributed by atoms with Crippen LogP contribution < -0.4 is 10.1 Å². The Balaban J connectivity index is 1.44. The molecule has 16 nitrogen and oxygen atoms in total. The second-order valence-corrected chi connectivity index (χ2v) is 16.9. The van der Waals surface area contributed by atoms with Crippen LogP contribution in [-0.2, 0) is 19.0 Å². The summed E-state index contributed by atoms with van der Waals surface area (Å²) in [7, 11) is 1.45. The molecule has 2 saturated heterocycles. The number of carbonyl (C=O) groups is 4. The van der Waals surface area contributed by atoms with Gasteiger partial charge in [-0.1, -0.05) is 45.9 Å². The third kappa shape index (κ3) is 7.96. The molecule has 0 spiro atoms. The zero-order valence-electron chi connectivity index (χ0n) is 35.7. The van der Waals surface area contributed by atoms with E-state index in [1.54, 1.807) is 37.1 Å². The second kappa shape index (κ2) is 17.3. The maximum atomic E-state index is 14.7. The Labute approximate surface area is 350 Å². The summed E-state index contributed by atoms with van der Waals surface area (Å²) in [5.41, 5.74) is -2.47. The highest BCUT2D eigenvalue weighted by molar-refractivity contribution is 6.37.